The first-order chi connectivity index (χ1) is 11.9. The highest BCUT2D eigenvalue weighted by Gasteiger charge is 2.28. The number of carbonyl (C=O) groups excluding carboxylic acids is 2. The van der Waals surface area contributed by atoms with Crippen molar-refractivity contribution in [3.63, 3.8) is 0 Å². The van der Waals surface area contributed by atoms with Crippen LogP contribution in [0.4, 0.5) is 0 Å². The molecule has 0 aromatic carbocycles. The normalized spacial score (nSPS) is 25.2. The minimum atomic E-state index is 0.136. The fraction of sp³-hybridized carbons (Fsp3) is 0.684. The lowest BCUT2D eigenvalue weighted by Gasteiger charge is -2.38. The van der Waals surface area contributed by atoms with Gasteiger partial charge in [-0.25, -0.2) is 0 Å². The van der Waals surface area contributed by atoms with Crippen molar-refractivity contribution in [1.29, 1.82) is 0 Å². The number of piperazine rings is 1. The minimum absolute atomic E-state index is 0.136. The first-order valence-electron chi connectivity index (χ1n) is 9.27. The molecule has 2 saturated heterocycles. The highest BCUT2D eigenvalue weighted by atomic mass is 32.1. The lowest BCUT2D eigenvalue weighted by atomic mass is 9.92. The van der Waals surface area contributed by atoms with Crippen LogP contribution in [-0.2, 0) is 4.79 Å². The van der Waals surface area contributed by atoms with Gasteiger partial charge in [0.2, 0.25) is 5.91 Å². The Morgan fingerprint density at radius 3 is 2.28 bits per heavy atom. The van der Waals surface area contributed by atoms with Gasteiger partial charge in [0.1, 0.15) is 0 Å². The van der Waals surface area contributed by atoms with Crippen molar-refractivity contribution in [2.75, 3.05) is 45.8 Å². The van der Waals surface area contributed by atoms with Crippen molar-refractivity contribution in [2.45, 2.75) is 27.2 Å². The number of aryl methyl sites for hydroxylation is 1. The highest BCUT2D eigenvalue weighted by Crippen LogP contribution is 2.22. The molecule has 1 aromatic heterocycles. The van der Waals surface area contributed by atoms with Gasteiger partial charge in [0.25, 0.3) is 5.91 Å². The summed E-state index contributed by atoms with van der Waals surface area (Å²) >= 11 is 1.52. The molecule has 2 unspecified atom stereocenters. The van der Waals surface area contributed by atoms with Crippen molar-refractivity contribution < 1.29 is 9.59 Å². The monoisotopic (exact) mass is 363 g/mol. The number of rotatable bonds is 3. The average Bonchev–Trinajstić information content (AvgIpc) is 3.00. The number of carbonyl (C=O) groups is 2. The van der Waals surface area contributed by atoms with Crippen molar-refractivity contribution in [2.24, 2.45) is 11.8 Å². The summed E-state index contributed by atoms with van der Waals surface area (Å²) in [6.45, 7) is 11.7. The zero-order valence-electron chi connectivity index (χ0n) is 15.5. The van der Waals surface area contributed by atoms with Crippen molar-refractivity contribution in [3.05, 3.63) is 21.9 Å². The SMILES string of the molecule is Cc1ccsc1C(=O)N1CCN(CC(=O)N2CC(C)CC(C)C2)CC1. The van der Waals surface area contributed by atoms with Crippen LogP contribution in [0, 0.1) is 18.8 Å². The summed E-state index contributed by atoms with van der Waals surface area (Å²) in [5, 5.41) is 1.97. The van der Waals surface area contributed by atoms with Gasteiger partial charge in [0.15, 0.2) is 0 Å². The molecule has 0 radical (unpaired) electrons. The highest BCUT2D eigenvalue weighted by molar-refractivity contribution is 7.12. The zero-order valence-corrected chi connectivity index (χ0v) is 16.3. The second-order valence-corrected chi connectivity index (χ2v) is 8.66. The molecular weight excluding hydrogens is 334 g/mol. The molecule has 5 nitrogen and oxygen atoms in total. The third kappa shape index (κ3) is 4.42. The van der Waals surface area contributed by atoms with Crippen molar-refractivity contribution >= 4 is 23.2 Å². The Balaban J connectivity index is 1.48. The summed E-state index contributed by atoms with van der Waals surface area (Å²) in [6, 6.07) is 1.99. The fourth-order valence-corrected chi connectivity index (χ4v) is 4.89. The first kappa shape index (κ1) is 18.4. The average molecular weight is 364 g/mol. The molecule has 0 saturated carbocycles. The zero-order chi connectivity index (χ0) is 18.0. The third-order valence-corrected chi connectivity index (χ3v) is 6.30. The predicted octanol–water partition coefficient (Wildman–Crippen LogP) is 2.32. The molecule has 1 aromatic rings. The van der Waals surface area contributed by atoms with Crippen molar-refractivity contribution in [1.82, 2.24) is 14.7 Å². The second kappa shape index (κ2) is 7.87. The van der Waals surface area contributed by atoms with Crippen molar-refractivity contribution in [3.8, 4) is 0 Å². The number of thiophene rings is 1. The third-order valence-electron chi connectivity index (χ3n) is 5.30. The van der Waals surface area contributed by atoms with E-state index in [2.05, 4.69) is 18.7 Å². The lowest BCUT2D eigenvalue weighted by molar-refractivity contribution is -0.135. The molecule has 2 aliphatic rings. The van der Waals surface area contributed by atoms with Crippen LogP contribution < -0.4 is 0 Å². The smallest absolute Gasteiger partial charge is 0.264 e. The molecule has 25 heavy (non-hydrogen) atoms. The van der Waals surface area contributed by atoms with Crippen LogP contribution in [0.15, 0.2) is 11.4 Å². The Labute approximate surface area is 154 Å². The molecule has 138 valence electrons. The summed E-state index contributed by atoms with van der Waals surface area (Å²) in [5.41, 5.74) is 1.06. The van der Waals surface area contributed by atoms with E-state index in [4.69, 9.17) is 0 Å². The van der Waals surface area contributed by atoms with Gasteiger partial charge in [-0.2, -0.15) is 0 Å². The van der Waals surface area contributed by atoms with Crippen LogP contribution in [0.1, 0.15) is 35.5 Å². The van der Waals surface area contributed by atoms with E-state index in [1.807, 2.05) is 28.2 Å². The number of amides is 2. The molecule has 3 rings (SSSR count). The molecule has 2 atom stereocenters. The van der Waals surface area contributed by atoms with E-state index in [0.717, 1.165) is 36.6 Å². The topological polar surface area (TPSA) is 43.9 Å². The summed E-state index contributed by atoms with van der Waals surface area (Å²) in [7, 11) is 0. The lowest BCUT2D eigenvalue weighted by Crippen LogP contribution is -2.53. The summed E-state index contributed by atoms with van der Waals surface area (Å²) < 4.78 is 0. The van der Waals surface area contributed by atoms with Gasteiger partial charge < -0.3 is 9.80 Å². The van der Waals surface area contributed by atoms with Crippen LogP contribution in [0.5, 0.6) is 0 Å². The molecule has 2 fully saturated rings. The first-order valence-corrected chi connectivity index (χ1v) is 10.2. The summed E-state index contributed by atoms with van der Waals surface area (Å²) in [6.07, 6.45) is 1.21. The van der Waals surface area contributed by atoms with E-state index in [-0.39, 0.29) is 11.8 Å². The van der Waals surface area contributed by atoms with Gasteiger partial charge in [-0.05, 0) is 42.2 Å². The van der Waals surface area contributed by atoms with E-state index in [1.165, 1.54) is 17.8 Å². The van der Waals surface area contributed by atoms with E-state index < -0.39 is 0 Å². The maximum atomic E-state index is 12.6. The van der Waals surface area contributed by atoms with Gasteiger partial charge >= 0.3 is 0 Å². The Kier molecular flexibility index (Phi) is 5.79. The summed E-state index contributed by atoms with van der Waals surface area (Å²) in [5.74, 6) is 1.57. The van der Waals surface area contributed by atoms with Crippen LogP contribution >= 0.6 is 11.3 Å². The standard InChI is InChI=1S/C19H29N3O2S/c1-14-10-15(2)12-22(11-14)17(23)13-20-5-7-21(8-6-20)19(24)18-16(3)4-9-25-18/h4,9,14-15H,5-8,10-13H2,1-3H3. The number of likely N-dealkylation sites (tertiary alicyclic amines) is 1. The van der Waals surface area contributed by atoms with E-state index in [9.17, 15) is 9.59 Å². The molecule has 0 bridgehead atoms. The maximum absolute atomic E-state index is 12.6. The van der Waals surface area contributed by atoms with Crippen LogP contribution in [0.3, 0.4) is 0 Å². The summed E-state index contributed by atoms with van der Waals surface area (Å²) in [4.78, 5) is 32.2. The van der Waals surface area contributed by atoms with E-state index >= 15 is 0 Å². The maximum Gasteiger partial charge on any atom is 0.264 e. The fourth-order valence-electron chi connectivity index (χ4n) is 4.00. The molecule has 0 N–H and O–H groups in total. The molecule has 2 aliphatic heterocycles. The predicted molar refractivity (Wildman–Crippen MR) is 101 cm³/mol. The molecule has 6 heteroatoms. The van der Waals surface area contributed by atoms with E-state index in [1.54, 1.807) is 0 Å². The molecular formula is C19H29N3O2S. The Morgan fingerprint density at radius 1 is 1.08 bits per heavy atom. The molecule has 0 spiro atoms. The molecule has 0 aliphatic carbocycles. The number of hydrogen-bond donors (Lipinski definition) is 0. The van der Waals surface area contributed by atoms with E-state index in [0.29, 0.717) is 31.5 Å². The second-order valence-electron chi connectivity index (χ2n) is 7.75. The Hall–Kier alpha value is -1.40. The quantitative estimate of drug-likeness (QED) is 0.828. The number of piperidine rings is 1. The largest absolute Gasteiger partial charge is 0.341 e. The minimum Gasteiger partial charge on any atom is -0.341 e. The number of nitrogens with zero attached hydrogens (tertiary/aromatic N) is 3. The Morgan fingerprint density at radius 2 is 1.72 bits per heavy atom. The molecule has 2 amide bonds. The molecule has 3 heterocycles. The van der Waals surface area contributed by atoms with Gasteiger partial charge in [-0.1, -0.05) is 13.8 Å². The van der Waals surface area contributed by atoms with Crippen LogP contribution in [-0.4, -0.2) is 72.3 Å². The van der Waals surface area contributed by atoms with Gasteiger partial charge in [-0.3, -0.25) is 14.5 Å². The van der Waals surface area contributed by atoms with Gasteiger partial charge in [-0.15, -0.1) is 11.3 Å². The number of hydrogen-bond acceptors (Lipinski definition) is 4. The van der Waals surface area contributed by atoms with Crippen LogP contribution in [0.2, 0.25) is 0 Å². The Bertz CT molecular complexity index is 612. The van der Waals surface area contributed by atoms with Gasteiger partial charge in [0, 0.05) is 39.3 Å². The van der Waals surface area contributed by atoms with Crippen LogP contribution in [0.25, 0.3) is 0 Å². The van der Waals surface area contributed by atoms with Gasteiger partial charge in [0.05, 0.1) is 11.4 Å².